The lowest BCUT2D eigenvalue weighted by molar-refractivity contribution is -0.384. The molecule has 0 aliphatic carbocycles. The van der Waals surface area contributed by atoms with Crippen LogP contribution in [0.25, 0.3) is 0 Å². The number of nitrogens with one attached hydrogen (secondary N) is 2. The molecule has 1 heterocycles. The predicted molar refractivity (Wildman–Crippen MR) is 136 cm³/mol. The Morgan fingerprint density at radius 3 is 2.37 bits per heavy atom. The zero-order valence-electron chi connectivity index (χ0n) is 19.0. The Labute approximate surface area is 208 Å². The second-order valence-corrected chi connectivity index (χ2v) is 8.70. The topological polar surface area (TPSA) is 105 Å². The summed E-state index contributed by atoms with van der Waals surface area (Å²) in [5, 5.41) is 16.6. The number of nitro groups is 1. The van der Waals surface area contributed by atoms with Gasteiger partial charge in [-0.05, 0) is 49.1 Å². The van der Waals surface area contributed by atoms with Crippen LogP contribution in [0.1, 0.15) is 39.1 Å². The molecule has 9 heteroatoms. The van der Waals surface area contributed by atoms with Crippen molar-refractivity contribution in [2.75, 3.05) is 29.9 Å². The number of carbonyl (C=O) groups excluding carboxylic acids is 2. The summed E-state index contributed by atoms with van der Waals surface area (Å²) in [7, 11) is 0. The first kappa shape index (κ1) is 24.2. The van der Waals surface area contributed by atoms with Gasteiger partial charge in [0.2, 0.25) is 0 Å². The van der Waals surface area contributed by atoms with Crippen molar-refractivity contribution in [3.63, 3.8) is 0 Å². The van der Waals surface area contributed by atoms with Crippen LogP contribution in [0.3, 0.4) is 0 Å². The standard InChI is InChI=1S/C26H25ClN4O4/c27-23-17-20(31(34)35)9-10-21(23)26(33)29-19-8-11-24(30-14-4-5-15-30)22(16-19)25(32)28-13-12-18-6-2-1-3-7-18/h1-3,6-11,16-17H,4-5,12-15H2,(H,28,32)(H,29,33). The van der Waals surface area contributed by atoms with Gasteiger partial charge >= 0.3 is 0 Å². The number of benzene rings is 3. The Hall–Kier alpha value is -3.91. The molecule has 8 nitrogen and oxygen atoms in total. The molecule has 0 unspecified atom stereocenters. The highest BCUT2D eigenvalue weighted by atomic mass is 35.5. The van der Waals surface area contributed by atoms with E-state index in [0.717, 1.165) is 43.2 Å². The Morgan fingerprint density at radius 2 is 1.69 bits per heavy atom. The van der Waals surface area contributed by atoms with Gasteiger partial charge in [0.05, 0.1) is 21.1 Å². The normalized spacial score (nSPS) is 12.9. The molecule has 0 bridgehead atoms. The van der Waals surface area contributed by atoms with Crippen molar-refractivity contribution in [2.24, 2.45) is 0 Å². The predicted octanol–water partition coefficient (Wildman–Crippen LogP) is 5.07. The van der Waals surface area contributed by atoms with Crippen LogP contribution < -0.4 is 15.5 Å². The number of amides is 2. The van der Waals surface area contributed by atoms with E-state index in [1.54, 1.807) is 12.1 Å². The van der Waals surface area contributed by atoms with Gasteiger partial charge in [-0.3, -0.25) is 19.7 Å². The molecule has 0 radical (unpaired) electrons. The van der Waals surface area contributed by atoms with Crippen LogP contribution in [0, 0.1) is 10.1 Å². The van der Waals surface area contributed by atoms with Crippen molar-refractivity contribution in [2.45, 2.75) is 19.3 Å². The first-order valence-corrected chi connectivity index (χ1v) is 11.8. The van der Waals surface area contributed by atoms with Crippen molar-refractivity contribution < 1.29 is 14.5 Å². The lowest BCUT2D eigenvalue weighted by atomic mass is 10.1. The van der Waals surface area contributed by atoms with E-state index in [1.807, 2.05) is 36.4 Å². The minimum Gasteiger partial charge on any atom is -0.371 e. The molecule has 1 saturated heterocycles. The molecular formula is C26H25ClN4O4. The van der Waals surface area contributed by atoms with Gasteiger partial charge in [0.15, 0.2) is 0 Å². The Kier molecular flexibility index (Phi) is 7.62. The largest absolute Gasteiger partial charge is 0.371 e. The molecule has 0 spiro atoms. The van der Waals surface area contributed by atoms with Crippen LogP contribution in [0.2, 0.25) is 5.02 Å². The lowest BCUT2D eigenvalue weighted by Crippen LogP contribution is -2.29. The van der Waals surface area contributed by atoms with Gasteiger partial charge in [-0.1, -0.05) is 41.9 Å². The van der Waals surface area contributed by atoms with Gasteiger partial charge in [0.1, 0.15) is 0 Å². The summed E-state index contributed by atoms with van der Waals surface area (Å²) in [5.41, 5.74) is 2.78. The summed E-state index contributed by atoms with van der Waals surface area (Å²) in [5.74, 6) is -0.735. The SMILES string of the molecule is O=C(Nc1ccc(N2CCCC2)c(C(=O)NCCc2ccccc2)c1)c1ccc([N+](=O)[O-])cc1Cl. The van der Waals surface area contributed by atoms with Crippen molar-refractivity contribution in [3.05, 3.63) is 98.6 Å². The van der Waals surface area contributed by atoms with E-state index in [9.17, 15) is 19.7 Å². The van der Waals surface area contributed by atoms with Gasteiger partial charge in [-0.25, -0.2) is 0 Å². The molecule has 1 fully saturated rings. The third-order valence-corrected chi connectivity index (χ3v) is 6.21. The van der Waals surface area contributed by atoms with E-state index in [0.29, 0.717) is 24.2 Å². The molecule has 0 saturated carbocycles. The summed E-state index contributed by atoms with van der Waals surface area (Å²) in [6, 6.07) is 18.8. The van der Waals surface area contributed by atoms with E-state index in [4.69, 9.17) is 11.6 Å². The zero-order chi connectivity index (χ0) is 24.8. The molecule has 4 rings (SSSR count). The van der Waals surface area contributed by atoms with Crippen LogP contribution in [-0.2, 0) is 6.42 Å². The first-order chi connectivity index (χ1) is 16.9. The Morgan fingerprint density at radius 1 is 0.943 bits per heavy atom. The van der Waals surface area contributed by atoms with Crippen LogP contribution >= 0.6 is 11.6 Å². The zero-order valence-corrected chi connectivity index (χ0v) is 19.8. The van der Waals surface area contributed by atoms with Gasteiger partial charge in [0.25, 0.3) is 17.5 Å². The van der Waals surface area contributed by atoms with Crippen LogP contribution in [0.15, 0.2) is 66.7 Å². The van der Waals surface area contributed by atoms with Crippen LogP contribution in [0.5, 0.6) is 0 Å². The molecule has 0 atom stereocenters. The number of nitro benzene ring substituents is 1. The minimum atomic E-state index is -0.576. The maximum atomic E-state index is 13.1. The van der Waals surface area contributed by atoms with Crippen LogP contribution in [-0.4, -0.2) is 36.4 Å². The summed E-state index contributed by atoms with van der Waals surface area (Å²) in [6.07, 6.45) is 2.83. The van der Waals surface area contributed by atoms with Crippen molar-refractivity contribution in [1.29, 1.82) is 0 Å². The fourth-order valence-corrected chi connectivity index (χ4v) is 4.35. The highest BCUT2D eigenvalue weighted by molar-refractivity contribution is 6.34. The molecule has 2 N–H and O–H groups in total. The summed E-state index contributed by atoms with van der Waals surface area (Å²) in [4.78, 5) is 38.5. The van der Waals surface area contributed by atoms with Crippen molar-refractivity contribution in [1.82, 2.24) is 5.32 Å². The maximum Gasteiger partial charge on any atom is 0.270 e. The number of anilines is 2. The molecule has 1 aliphatic rings. The van der Waals surface area contributed by atoms with Gasteiger partial charge in [-0.15, -0.1) is 0 Å². The first-order valence-electron chi connectivity index (χ1n) is 11.4. The summed E-state index contributed by atoms with van der Waals surface area (Å²) in [6.45, 7) is 2.22. The molecule has 1 aliphatic heterocycles. The fraction of sp³-hybridized carbons (Fsp3) is 0.231. The van der Waals surface area contributed by atoms with E-state index in [1.165, 1.54) is 12.1 Å². The van der Waals surface area contributed by atoms with Gasteiger partial charge in [0, 0.05) is 43.1 Å². The number of non-ortho nitro benzene ring substituents is 1. The average Bonchev–Trinajstić information content (AvgIpc) is 3.39. The number of halogens is 1. The molecule has 3 aromatic carbocycles. The molecule has 3 aromatic rings. The van der Waals surface area contributed by atoms with Gasteiger partial charge in [-0.2, -0.15) is 0 Å². The second-order valence-electron chi connectivity index (χ2n) is 8.29. The molecular weight excluding hydrogens is 468 g/mol. The Balaban J connectivity index is 1.52. The number of hydrogen-bond donors (Lipinski definition) is 2. The van der Waals surface area contributed by atoms with E-state index < -0.39 is 10.8 Å². The fourth-order valence-electron chi connectivity index (χ4n) is 4.09. The van der Waals surface area contributed by atoms with Crippen molar-refractivity contribution in [3.8, 4) is 0 Å². The molecule has 180 valence electrons. The monoisotopic (exact) mass is 492 g/mol. The average molecular weight is 493 g/mol. The van der Waals surface area contributed by atoms with E-state index in [-0.39, 0.29) is 22.2 Å². The summed E-state index contributed by atoms with van der Waals surface area (Å²) >= 11 is 6.10. The quantitative estimate of drug-likeness (QED) is 0.337. The smallest absolute Gasteiger partial charge is 0.270 e. The summed E-state index contributed by atoms with van der Waals surface area (Å²) < 4.78 is 0. The minimum absolute atomic E-state index is 0.0238. The second kappa shape index (κ2) is 11.0. The maximum absolute atomic E-state index is 13.1. The van der Waals surface area contributed by atoms with Gasteiger partial charge < -0.3 is 15.5 Å². The highest BCUT2D eigenvalue weighted by Crippen LogP contribution is 2.29. The molecule has 2 amide bonds. The third kappa shape index (κ3) is 5.96. The molecule has 35 heavy (non-hydrogen) atoms. The number of rotatable bonds is 8. The third-order valence-electron chi connectivity index (χ3n) is 5.90. The number of hydrogen-bond acceptors (Lipinski definition) is 5. The number of carbonyl (C=O) groups is 2. The lowest BCUT2D eigenvalue weighted by Gasteiger charge is -2.22. The number of nitrogens with zero attached hydrogens (tertiary/aromatic N) is 2. The Bertz CT molecular complexity index is 1240. The molecule has 0 aromatic heterocycles. The van der Waals surface area contributed by atoms with E-state index in [2.05, 4.69) is 15.5 Å². The highest BCUT2D eigenvalue weighted by Gasteiger charge is 2.21. The van der Waals surface area contributed by atoms with Crippen LogP contribution in [0.4, 0.5) is 17.1 Å². The van der Waals surface area contributed by atoms with Crippen molar-refractivity contribution >= 4 is 40.5 Å². The van der Waals surface area contributed by atoms with E-state index >= 15 is 0 Å².